The predicted molar refractivity (Wildman–Crippen MR) is 54.3 cm³/mol. The van der Waals surface area contributed by atoms with Crippen LogP contribution in [-0.4, -0.2) is 16.3 Å². The maximum Gasteiger partial charge on any atom is 0.161 e. The van der Waals surface area contributed by atoms with Crippen molar-refractivity contribution in [2.75, 3.05) is 0 Å². The van der Waals surface area contributed by atoms with E-state index in [0.29, 0.717) is 0 Å². The van der Waals surface area contributed by atoms with Gasteiger partial charge in [0.05, 0.1) is 0 Å². The summed E-state index contributed by atoms with van der Waals surface area (Å²) in [6.07, 6.45) is 0. The lowest BCUT2D eigenvalue weighted by atomic mass is 10.0. The lowest BCUT2D eigenvalue weighted by molar-refractivity contribution is 0.398. The monoisotopic (exact) mass is 193 g/mol. The second kappa shape index (κ2) is 2.64. The third-order valence-corrected chi connectivity index (χ3v) is 3.29. The smallest absolute Gasteiger partial charge is 0.161 e. The largest absolute Gasteiger partial charge is 0.504 e. The maximum absolute atomic E-state index is 9.65. The summed E-state index contributed by atoms with van der Waals surface area (Å²) in [5, 5.41) is 19.0. The Morgan fingerprint density at radius 3 is 2.36 bits per heavy atom. The molecule has 0 spiro atoms. The van der Waals surface area contributed by atoms with Crippen LogP contribution in [0.3, 0.4) is 0 Å². The quantitative estimate of drug-likeness (QED) is 0.593. The summed E-state index contributed by atoms with van der Waals surface area (Å²) in [6.45, 7) is 4.12. The fraction of sp³-hybridized carbons (Fsp3) is 0.455. The summed E-state index contributed by atoms with van der Waals surface area (Å²) >= 11 is 0. The fourth-order valence-electron chi connectivity index (χ4n) is 2.07. The van der Waals surface area contributed by atoms with E-state index in [1.807, 2.05) is 6.07 Å². The molecule has 1 fully saturated rings. The Morgan fingerprint density at radius 1 is 1.29 bits per heavy atom. The van der Waals surface area contributed by atoms with Gasteiger partial charge in [0.15, 0.2) is 11.5 Å². The Labute approximate surface area is 83.2 Å². The van der Waals surface area contributed by atoms with Crippen LogP contribution in [0.15, 0.2) is 18.2 Å². The summed E-state index contributed by atoms with van der Waals surface area (Å²) in [6, 6.07) is 5.08. The molecule has 76 valence electrons. The van der Waals surface area contributed by atoms with Crippen LogP contribution in [0.25, 0.3) is 0 Å². The van der Waals surface area contributed by atoms with Gasteiger partial charge >= 0.3 is 0 Å². The van der Waals surface area contributed by atoms with Gasteiger partial charge in [0.25, 0.3) is 0 Å². The molecule has 0 heterocycles. The Kier molecular flexibility index (Phi) is 1.76. The summed E-state index contributed by atoms with van der Waals surface area (Å²) < 4.78 is 0. The van der Waals surface area contributed by atoms with Crippen molar-refractivity contribution in [1.82, 2.24) is 0 Å². The first-order chi connectivity index (χ1) is 6.46. The van der Waals surface area contributed by atoms with Crippen LogP contribution < -0.4 is 5.73 Å². The van der Waals surface area contributed by atoms with Crippen molar-refractivity contribution in [1.29, 1.82) is 0 Å². The van der Waals surface area contributed by atoms with Gasteiger partial charge in [-0.1, -0.05) is 26.0 Å². The van der Waals surface area contributed by atoms with E-state index < -0.39 is 0 Å². The van der Waals surface area contributed by atoms with E-state index in [9.17, 15) is 10.2 Å². The number of nitrogens with two attached hydrogens (primary N) is 1. The number of rotatable bonds is 1. The molecule has 3 heteroatoms. The minimum atomic E-state index is -0.0719. The molecule has 0 saturated heterocycles. The van der Waals surface area contributed by atoms with Crippen LogP contribution >= 0.6 is 0 Å². The van der Waals surface area contributed by atoms with Crippen molar-refractivity contribution in [2.45, 2.75) is 25.8 Å². The normalized spacial score (nSPS) is 28.8. The van der Waals surface area contributed by atoms with Crippen LogP contribution in [0.4, 0.5) is 0 Å². The molecular weight excluding hydrogens is 178 g/mol. The van der Waals surface area contributed by atoms with Crippen LogP contribution in [-0.2, 0) is 0 Å². The van der Waals surface area contributed by atoms with Gasteiger partial charge in [-0.25, -0.2) is 0 Å². The topological polar surface area (TPSA) is 66.5 Å². The van der Waals surface area contributed by atoms with Gasteiger partial charge in [0, 0.05) is 17.5 Å². The first-order valence-electron chi connectivity index (χ1n) is 4.72. The number of para-hydroxylation sites is 1. The second-order valence-electron chi connectivity index (χ2n) is 4.54. The standard InChI is InChI=1S/C11H15NO2/c1-11(2)8(10(11)12)6-4-3-5-7(13)9(6)14/h3-5,8,10,13-14H,12H2,1-2H3. The molecule has 0 aromatic heterocycles. The van der Waals surface area contributed by atoms with Gasteiger partial charge in [-0.2, -0.15) is 0 Å². The Morgan fingerprint density at radius 2 is 1.86 bits per heavy atom. The van der Waals surface area contributed by atoms with E-state index in [1.54, 1.807) is 6.07 Å². The summed E-state index contributed by atoms with van der Waals surface area (Å²) in [4.78, 5) is 0. The lowest BCUT2D eigenvalue weighted by Crippen LogP contribution is -2.06. The predicted octanol–water partition coefficient (Wildman–Crippen LogP) is 1.55. The van der Waals surface area contributed by atoms with Crippen molar-refractivity contribution in [3.05, 3.63) is 23.8 Å². The molecule has 1 aromatic carbocycles. The molecule has 1 aliphatic carbocycles. The van der Waals surface area contributed by atoms with Crippen molar-refractivity contribution in [3.8, 4) is 11.5 Å². The Bertz CT molecular complexity index is 374. The summed E-state index contributed by atoms with van der Waals surface area (Å²) in [5.74, 6) is 0.0468. The van der Waals surface area contributed by atoms with Gasteiger partial charge in [0.1, 0.15) is 0 Å². The molecule has 1 saturated carbocycles. The molecule has 1 aromatic rings. The van der Waals surface area contributed by atoms with E-state index >= 15 is 0 Å². The van der Waals surface area contributed by atoms with Crippen LogP contribution in [0, 0.1) is 5.41 Å². The fourth-order valence-corrected chi connectivity index (χ4v) is 2.07. The Hall–Kier alpha value is -1.22. The van der Waals surface area contributed by atoms with Crippen molar-refractivity contribution >= 4 is 0 Å². The van der Waals surface area contributed by atoms with Crippen LogP contribution in [0.2, 0.25) is 0 Å². The minimum Gasteiger partial charge on any atom is -0.504 e. The number of hydrogen-bond acceptors (Lipinski definition) is 3. The van der Waals surface area contributed by atoms with Gasteiger partial charge < -0.3 is 15.9 Å². The van der Waals surface area contributed by atoms with E-state index in [-0.39, 0.29) is 28.9 Å². The number of phenols is 2. The molecule has 2 unspecified atom stereocenters. The second-order valence-corrected chi connectivity index (χ2v) is 4.54. The third kappa shape index (κ3) is 1.09. The summed E-state index contributed by atoms with van der Waals surface area (Å²) in [5.41, 5.74) is 6.67. The van der Waals surface area contributed by atoms with E-state index in [2.05, 4.69) is 13.8 Å². The zero-order valence-corrected chi connectivity index (χ0v) is 8.36. The molecular formula is C11H15NO2. The van der Waals surface area contributed by atoms with Gasteiger partial charge in [0.2, 0.25) is 0 Å². The van der Waals surface area contributed by atoms with Crippen molar-refractivity contribution in [3.63, 3.8) is 0 Å². The van der Waals surface area contributed by atoms with E-state index in [4.69, 9.17) is 5.73 Å². The van der Waals surface area contributed by atoms with E-state index in [0.717, 1.165) is 5.56 Å². The molecule has 0 aliphatic heterocycles. The van der Waals surface area contributed by atoms with Crippen molar-refractivity contribution < 1.29 is 10.2 Å². The number of phenolic OH excluding ortho intramolecular Hbond substituents is 2. The lowest BCUT2D eigenvalue weighted by Gasteiger charge is -2.06. The molecule has 4 N–H and O–H groups in total. The average molecular weight is 193 g/mol. The highest BCUT2D eigenvalue weighted by atomic mass is 16.3. The molecule has 2 atom stereocenters. The molecule has 1 aliphatic rings. The van der Waals surface area contributed by atoms with Crippen LogP contribution in [0.5, 0.6) is 11.5 Å². The molecule has 0 amide bonds. The van der Waals surface area contributed by atoms with Crippen LogP contribution in [0.1, 0.15) is 25.3 Å². The number of hydrogen-bond donors (Lipinski definition) is 3. The Balaban J connectivity index is 2.40. The molecule has 0 bridgehead atoms. The highest BCUT2D eigenvalue weighted by molar-refractivity contribution is 5.50. The minimum absolute atomic E-state index is 0.0191. The van der Waals surface area contributed by atoms with Crippen molar-refractivity contribution in [2.24, 2.45) is 11.1 Å². The van der Waals surface area contributed by atoms with Gasteiger partial charge in [-0.15, -0.1) is 0 Å². The highest BCUT2D eigenvalue weighted by Crippen LogP contribution is 2.59. The zero-order chi connectivity index (χ0) is 10.5. The number of aromatic hydroxyl groups is 2. The average Bonchev–Trinajstić information content (AvgIpc) is 2.59. The third-order valence-electron chi connectivity index (χ3n) is 3.29. The van der Waals surface area contributed by atoms with Gasteiger partial charge in [-0.3, -0.25) is 0 Å². The summed E-state index contributed by atoms with van der Waals surface area (Å²) in [7, 11) is 0. The molecule has 2 rings (SSSR count). The van der Waals surface area contributed by atoms with Gasteiger partial charge in [-0.05, 0) is 11.5 Å². The first kappa shape index (κ1) is 9.34. The maximum atomic E-state index is 9.65. The first-order valence-corrected chi connectivity index (χ1v) is 4.72. The van der Waals surface area contributed by atoms with E-state index in [1.165, 1.54) is 6.07 Å². The highest BCUT2D eigenvalue weighted by Gasteiger charge is 2.57. The molecule has 3 nitrogen and oxygen atoms in total. The zero-order valence-electron chi connectivity index (χ0n) is 8.36. The SMILES string of the molecule is CC1(C)C(N)C1c1cccc(O)c1O. The molecule has 0 radical (unpaired) electrons. The number of benzene rings is 1. The molecule has 14 heavy (non-hydrogen) atoms.